The van der Waals surface area contributed by atoms with E-state index in [-0.39, 0.29) is 10.9 Å². The van der Waals surface area contributed by atoms with Crippen LogP contribution >= 0.6 is 0 Å². The molecule has 0 radical (unpaired) electrons. The first-order valence-corrected chi connectivity index (χ1v) is 9.36. The second-order valence-electron chi connectivity index (χ2n) is 6.26. The van der Waals surface area contributed by atoms with Crippen molar-refractivity contribution in [3.63, 3.8) is 0 Å². The van der Waals surface area contributed by atoms with E-state index < -0.39 is 15.9 Å². The summed E-state index contributed by atoms with van der Waals surface area (Å²) in [7, 11) is -3.49. The van der Waals surface area contributed by atoms with Gasteiger partial charge in [0.1, 0.15) is 0 Å². The van der Waals surface area contributed by atoms with Crippen LogP contribution < -0.4 is 5.73 Å². The Kier molecular flexibility index (Phi) is 4.23. The summed E-state index contributed by atoms with van der Waals surface area (Å²) in [5, 5.41) is 0. The minimum atomic E-state index is -3.49. The Morgan fingerprint density at radius 1 is 1.05 bits per heavy atom. The molecule has 2 fully saturated rings. The maximum atomic E-state index is 12.9. The van der Waals surface area contributed by atoms with Crippen LogP contribution in [-0.4, -0.2) is 31.2 Å². The topological polar surface area (TPSA) is 80.5 Å². The van der Waals surface area contributed by atoms with Crippen molar-refractivity contribution in [2.45, 2.75) is 49.5 Å². The summed E-state index contributed by atoms with van der Waals surface area (Å²) in [5.41, 5.74) is 5.53. The highest BCUT2D eigenvalue weighted by Crippen LogP contribution is 2.37. The smallest absolute Gasteiger partial charge is 0.248 e. The lowest BCUT2D eigenvalue weighted by Gasteiger charge is -2.43. The number of hydrogen-bond acceptors (Lipinski definition) is 3. The first kappa shape index (κ1) is 15.5. The number of fused-ring (bicyclic) bond motifs is 1. The summed E-state index contributed by atoms with van der Waals surface area (Å²) >= 11 is 0. The Balaban J connectivity index is 1.89. The third-order valence-electron chi connectivity index (χ3n) is 4.94. The predicted octanol–water partition coefficient (Wildman–Crippen LogP) is 2.13. The van der Waals surface area contributed by atoms with E-state index in [9.17, 15) is 13.2 Å². The highest BCUT2D eigenvalue weighted by Gasteiger charge is 2.39. The number of carbonyl (C=O) groups excluding carboxylic acids is 1. The second-order valence-corrected chi connectivity index (χ2v) is 8.15. The monoisotopic (exact) mass is 322 g/mol. The predicted molar refractivity (Wildman–Crippen MR) is 83.8 cm³/mol. The van der Waals surface area contributed by atoms with E-state index in [4.69, 9.17) is 5.73 Å². The zero-order valence-corrected chi connectivity index (χ0v) is 13.4. The van der Waals surface area contributed by atoms with Crippen molar-refractivity contribution in [3.05, 3.63) is 29.8 Å². The fourth-order valence-corrected chi connectivity index (χ4v) is 5.56. The molecular weight excluding hydrogens is 300 g/mol. The molecule has 1 aliphatic heterocycles. The number of piperidine rings is 1. The van der Waals surface area contributed by atoms with Crippen LogP contribution in [0.4, 0.5) is 0 Å². The van der Waals surface area contributed by atoms with Crippen LogP contribution in [0.3, 0.4) is 0 Å². The van der Waals surface area contributed by atoms with Gasteiger partial charge in [-0.1, -0.05) is 12.8 Å². The molecule has 0 bridgehead atoms. The Morgan fingerprint density at radius 3 is 2.36 bits per heavy atom. The maximum absolute atomic E-state index is 12.9. The molecule has 6 heteroatoms. The molecule has 22 heavy (non-hydrogen) atoms. The molecule has 2 unspecified atom stereocenters. The van der Waals surface area contributed by atoms with Gasteiger partial charge in [0.25, 0.3) is 0 Å². The minimum Gasteiger partial charge on any atom is -0.366 e. The van der Waals surface area contributed by atoms with Gasteiger partial charge in [0.05, 0.1) is 4.90 Å². The van der Waals surface area contributed by atoms with Crippen molar-refractivity contribution in [2.24, 2.45) is 11.7 Å². The molecule has 1 heterocycles. The van der Waals surface area contributed by atoms with Gasteiger partial charge in [0.15, 0.2) is 0 Å². The number of rotatable bonds is 3. The first-order valence-electron chi connectivity index (χ1n) is 7.92. The number of primary amides is 1. The molecule has 120 valence electrons. The molecule has 1 aromatic carbocycles. The zero-order valence-electron chi connectivity index (χ0n) is 12.6. The largest absolute Gasteiger partial charge is 0.366 e. The van der Waals surface area contributed by atoms with Crippen molar-refractivity contribution in [1.29, 1.82) is 0 Å². The van der Waals surface area contributed by atoms with E-state index in [2.05, 4.69) is 0 Å². The molecule has 1 aliphatic carbocycles. The van der Waals surface area contributed by atoms with Crippen LogP contribution in [0.2, 0.25) is 0 Å². The van der Waals surface area contributed by atoms with E-state index in [0.717, 1.165) is 32.1 Å². The molecule has 1 amide bonds. The van der Waals surface area contributed by atoms with Crippen LogP contribution in [0.25, 0.3) is 0 Å². The fraction of sp³-hybridized carbons (Fsp3) is 0.562. The molecule has 2 N–H and O–H groups in total. The molecule has 2 atom stereocenters. The van der Waals surface area contributed by atoms with Crippen molar-refractivity contribution < 1.29 is 13.2 Å². The van der Waals surface area contributed by atoms with Gasteiger partial charge in [-0.05, 0) is 55.9 Å². The number of benzene rings is 1. The molecule has 1 saturated carbocycles. The number of nitrogens with two attached hydrogens (primary N) is 1. The van der Waals surface area contributed by atoms with Gasteiger partial charge < -0.3 is 5.73 Å². The highest BCUT2D eigenvalue weighted by atomic mass is 32.2. The van der Waals surface area contributed by atoms with Crippen molar-refractivity contribution in [3.8, 4) is 0 Å². The lowest BCUT2D eigenvalue weighted by Crippen LogP contribution is -2.49. The lowest BCUT2D eigenvalue weighted by molar-refractivity contribution is 0.1000. The summed E-state index contributed by atoms with van der Waals surface area (Å²) in [6.45, 7) is 0.598. The van der Waals surface area contributed by atoms with Crippen LogP contribution in [0.1, 0.15) is 48.9 Å². The maximum Gasteiger partial charge on any atom is 0.248 e. The van der Waals surface area contributed by atoms with Gasteiger partial charge in [-0.3, -0.25) is 4.79 Å². The lowest BCUT2D eigenvalue weighted by atomic mass is 9.79. The number of nitrogens with zero attached hydrogens (tertiary/aromatic N) is 1. The zero-order chi connectivity index (χ0) is 15.7. The van der Waals surface area contributed by atoms with Crippen molar-refractivity contribution in [1.82, 2.24) is 4.31 Å². The number of carbonyl (C=O) groups is 1. The van der Waals surface area contributed by atoms with Crippen LogP contribution in [0, 0.1) is 5.92 Å². The van der Waals surface area contributed by atoms with Gasteiger partial charge in [0.2, 0.25) is 15.9 Å². The van der Waals surface area contributed by atoms with E-state index in [1.54, 1.807) is 4.31 Å². The quantitative estimate of drug-likeness (QED) is 0.925. The summed E-state index contributed by atoms with van der Waals surface area (Å²) < 4.78 is 27.6. The van der Waals surface area contributed by atoms with E-state index in [0.29, 0.717) is 18.0 Å². The molecule has 1 aromatic rings. The Morgan fingerprint density at radius 2 is 1.68 bits per heavy atom. The van der Waals surface area contributed by atoms with E-state index in [1.807, 2.05) is 0 Å². The second kappa shape index (κ2) is 6.01. The standard InChI is InChI=1S/C16H22N2O3S/c17-16(19)13-7-9-14(10-8-13)22(20,21)18-11-3-5-12-4-1-2-6-15(12)18/h7-10,12,15H,1-6,11H2,(H2,17,19). The number of hydrogen-bond donors (Lipinski definition) is 1. The normalized spacial score (nSPS) is 26.4. The molecule has 1 saturated heterocycles. The van der Waals surface area contributed by atoms with Gasteiger partial charge >= 0.3 is 0 Å². The van der Waals surface area contributed by atoms with E-state index >= 15 is 0 Å². The fourth-order valence-electron chi connectivity index (χ4n) is 3.80. The van der Waals surface area contributed by atoms with E-state index in [1.165, 1.54) is 30.7 Å². The van der Waals surface area contributed by atoms with Crippen molar-refractivity contribution in [2.75, 3.05) is 6.54 Å². The molecule has 2 aliphatic rings. The first-order chi connectivity index (χ1) is 10.5. The summed E-state index contributed by atoms with van der Waals surface area (Å²) in [6.07, 6.45) is 6.48. The van der Waals surface area contributed by atoms with Gasteiger partial charge in [-0.15, -0.1) is 0 Å². The summed E-state index contributed by atoms with van der Waals surface area (Å²) in [4.78, 5) is 11.4. The highest BCUT2D eigenvalue weighted by molar-refractivity contribution is 7.89. The molecule has 0 spiro atoms. The van der Waals surface area contributed by atoms with Gasteiger partial charge in [-0.2, -0.15) is 4.31 Å². The molecular formula is C16H22N2O3S. The van der Waals surface area contributed by atoms with Gasteiger partial charge in [0, 0.05) is 18.2 Å². The SMILES string of the molecule is NC(=O)c1ccc(S(=O)(=O)N2CCCC3CCCCC32)cc1. The third kappa shape index (κ3) is 2.77. The Hall–Kier alpha value is -1.40. The average molecular weight is 322 g/mol. The molecule has 0 aromatic heterocycles. The summed E-state index contributed by atoms with van der Waals surface area (Å²) in [6, 6.07) is 6.09. The number of sulfonamides is 1. The minimum absolute atomic E-state index is 0.142. The average Bonchev–Trinajstić information content (AvgIpc) is 2.54. The Bertz CT molecular complexity index is 652. The Labute approximate surface area is 131 Å². The van der Waals surface area contributed by atoms with Crippen molar-refractivity contribution >= 4 is 15.9 Å². The molecule has 5 nitrogen and oxygen atoms in total. The third-order valence-corrected chi connectivity index (χ3v) is 6.88. The van der Waals surface area contributed by atoms with Crippen LogP contribution in [0.15, 0.2) is 29.2 Å². The summed E-state index contributed by atoms with van der Waals surface area (Å²) in [5.74, 6) is -0.0450. The van der Waals surface area contributed by atoms with Crippen LogP contribution in [-0.2, 0) is 10.0 Å². The molecule has 3 rings (SSSR count). The van der Waals surface area contributed by atoms with Gasteiger partial charge in [-0.25, -0.2) is 8.42 Å². The number of amides is 1. The van der Waals surface area contributed by atoms with Crippen LogP contribution in [0.5, 0.6) is 0 Å².